The van der Waals surface area contributed by atoms with Gasteiger partial charge in [-0.15, -0.1) is 11.3 Å². The van der Waals surface area contributed by atoms with E-state index in [-0.39, 0.29) is 5.75 Å². The maximum Gasteiger partial charge on any atom is 0.166 e. The zero-order chi connectivity index (χ0) is 14.8. The second-order valence-electron chi connectivity index (χ2n) is 4.81. The number of phenols is 1. The average Bonchev–Trinajstić information content (AvgIpc) is 3.06. The highest BCUT2D eigenvalue weighted by Crippen LogP contribution is 2.40. The number of methoxy groups -OCH3 is 1. The Hall–Kier alpha value is -2.32. The molecular weight excluding hydrogens is 284 g/mol. The summed E-state index contributed by atoms with van der Waals surface area (Å²) < 4.78 is 5.07. The van der Waals surface area contributed by atoms with E-state index in [0.29, 0.717) is 16.9 Å². The molecule has 0 saturated heterocycles. The number of phenolic OH excluding ortho intramolecular Hbond substituents is 1. The van der Waals surface area contributed by atoms with Crippen molar-refractivity contribution < 1.29 is 9.84 Å². The summed E-state index contributed by atoms with van der Waals surface area (Å²) in [7, 11) is 1.51. The molecular formula is C16H14N2O2S. The van der Waals surface area contributed by atoms with Crippen molar-refractivity contribution in [2.24, 2.45) is 4.99 Å². The normalized spacial score (nSPS) is 13.3. The summed E-state index contributed by atoms with van der Waals surface area (Å²) in [5, 5.41) is 20.1. The molecule has 0 spiro atoms. The van der Waals surface area contributed by atoms with Crippen LogP contribution in [0.4, 0.5) is 5.00 Å². The Morgan fingerprint density at radius 2 is 2.29 bits per heavy atom. The van der Waals surface area contributed by atoms with Crippen LogP contribution >= 0.6 is 11.3 Å². The van der Waals surface area contributed by atoms with Crippen LogP contribution in [-0.2, 0) is 12.8 Å². The first-order valence-electron chi connectivity index (χ1n) is 6.69. The summed E-state index contributed by atoms with van der Waals surface area (Å²) in [5.74, 6) is 0.472. The number of rotatable bonds is 3. The minimum atomic E-state index is 0.0614. The Bertz CT molecular complexity index is 756. The predicted octanol–water partition coefficient (Wildman–Crippen LogP) is 3.57. The molecule has 0 saturated carbocycles. The number of hydrogen-bond acceptors (Lipinski definition) is 5. The largest absolute Gasteiger partial charge is 0.504 e. The molecule has 4 nitrogen and oxygen atoms in total. The highest BCUT2D eigenvalue weighted by atomic mass is 32.1. The molecule has 1 aromatic carbocycles. The van der Waals surface area contributed by atoms with E-state index >= 15 is 0 Å². The molecule has 0 fully saturated rings. The molecule has 1 aliphatic carbocycles. The second-order valence-corrected chi connectivity index (χ2v) is 5.89. The van der Waals surface area contributed by atoms with Crippen LogP contribution in [0, 0.1) is 11.3 Å². The average molecular weight is 298 g/mol. The molecule has 106 valence electrons. The van der Waals surface area contributed by atoms with Gasteiger partial charge in [-0.25, -0.2) is 4.99 Å². The van der Waals surface area contributed by atoms with E-state index in [0.717, 1.165) is 29.8 Å². The van der Waals surface area contributed by atoms with Gasteiger partial charge in [0.15, 0.2) is 11.5 Å². The molecule has 1 N–H and O–H groups in total. The van der Waals surface area contributed by atoms with E-state index in [4.69, 9.17) is 4.74 Å². The standard InChI is InChI=1S/C16H14N2O2S/c1-20-13-6-2-4-10(15(13)19)9-18-16-12(8-17)11-5-3-7-14(11)21-16/h2,4,6,9,19H,3,5,7H2,1H3. The molecule has 0 unspecified atom stereocenters. The van der Waals surface area contributed by atoms with Crippen LogP contribution in [0.1, 0.15) is 28.0 Å². The number of aromatic hydroxyl groups is 1. The maximum absolute atomic E-state index is 10.0. The molecule has 21 heavy (non-hydrogen) atoms. The smallest absolute Gasteiger partial charge is 0.166 e. The first-order valence-corrected chi connectivity index (χ1v) is 7.51. The lowest BCUT2D eigenvalue weighted by Crippen LogP contribution is -1.88. The van der Waals surface area contributed by atoms with E-state index in [1.165, 1.54) is 12.0 Å². The fraction of sp³-hybridized carbons (Fsp3) is 0.250. The number of nitrogens with zero attached hydrogens (tertiary/aromatic N) is 2. The van der Waals surface area contributed by atoms with Crippen LogP contribution in [0.5, 0.6) is 11.5 Å². The Balaban J connectivity index is 1.96. The van der Waals surface area contributed by atoms with Crippen LogP contribution in [-0.4, -0.2) is 18.4 Å². The van der Waals surface area contributed by atoms with E-state index in [9.17, 15) is 10.4 Å². The second kappa shape index (κ2) is 5.58. The molecule has 0 atom stereocenters. The van der Waals surface area contributed by atoms with Crippen molar-refractivity contribution in [1.82, 2.24) is 0 Å². The monoisotopic (exact) mass is 298 g/mol. The first-order chi connectivity index (χ1) is 10.2. The van der Waals surface area contributed by atoms with Gasteiger partial charge in [0.25, 0.3) is 0 Å². The van der Waals surface area contributed by atoms with Crippen LogP contribution in [0.3, 0.4) is 0 Å². The fourth-order valence-corrected chi connectivity index (χ4v) is 3.72. The Kier molecular flexibility index (Phi) is 3.63. The molecule has 0 radical (unpaired) electrons. The highest BCUT2D eigenvalue weighted by molar-refractivity contribution is 7.16. The number of aryl methyl sites for hydroxylation is 1. The number of benzene rings is 1. The van der Waals surface area contributed by atoms with Gasteiger partial charge in [-0.1, -0.05) is 6.07 Å². The lowest BCUT2D eigenvalue weighted by molar-refractivity contribution is 0.373. The van der Waals surface area contributed by atoms with Gasteiger partial charge in [0.1, 0.15) is 11.1 Å². The van der Waals surface area contributed by atoms with Crippen molar-refractivity contribution in [2.45, 2.75) is 19.3 Å². The quantitative estimate of drug-likeness (QED) is 0.881. The van der Waals surface area contributed by atoms with Crippen molar-refractivity contribution in [1.29, 1.82) is 5.26 Å². The van der Waals surface area contributed by atoms with Gasteiger partial charge in [0.05, 0.1) is 12.7 Å². The molecule has 5 heteroatoms. The third-order valence-corrected chi connectivity index (χ3v) is 4.79. The number of hydrogen-bond donors (Lipinski definition) is 1. The van der Waals surface area contributed by atoms with Gasteiger partial charge < -0.3 is 9.84 Å². The van der Waals surface area contributed by atoms with Gasteiger partial charge in [-0.05, 0) is 37.0 Å². The summed E-state index contributed by atoms with van der Waals surface area (Å²) >= 11 is 1.57. The van der Waals surface area contributed by atoms with Crippen molar-refractivity contribution >= 4 is 22.6 Å². The molecule has 0 bridgehead atoms. The summed E-state index contributed by atoms with van der Waals surface area (Å²) in [5.41, 5.74) is 2.42. The minimum Gasteiger partial charge on any atom is -0.504 e. The molecule has 0 amide bonds. The summed E-state index contributed by atoms with van der Waals surface area (Å²) in [6.07, 6.45) is 4.71. The summed E-state index contributed by atoms with van der Waals surface area (Å²) in [4.78, 5) is 5.67. The number of ether oxygens (including phenoxy) is 1. The molecule has 1 aromatic heterocycles. The Labute approximate surface area is 127 Å². The number of fused-ring (bicyclic) bond motifs is 1. The zero-order valence-corrected chi connectivity index (χ0v) is 12.4. The van der Waals surface area contributed by atoms with Crippen LogP contribution in [0.15, 0.2) is 23.2 Å². The topological polar surface area (TPSA) is 65.6 Å². The molecule has 1 heterocycles. The SMILES string of the molecule is COc1cccc(C=Nc2sc3c(c2C#N)CCC3)c1O. The molecule has 1 aliphatic rings. The van der Waals surface area contributed by atoms with Gasteiger partial charge >= 0.3 is 0 Å². The summed E-state index contributed by atoms with van der Waals surface area (Å²) in [6.45, 7) is 0. The third-order valence-electron chi connectivity index (χ3n) is 3.59. The van der Waals surface area contributed by atoms with Gasteiger partial charge in [-0.2, -0.15) is 5.26 Å². The maximum atomic E-state index is 10.0. The lowest BCUT2D eigenvalue weighted by Gasteiger charge is -2.04. The van der Waals surface area contributed by atoms with Gasteiger partial charge in [0, 0.05) is 16.7 Å². The van der Waals surface area contributed by atoms with Crippen molar-refractivity contribution in [3.05, 3.63) is 39.8 Å². The van der Waals surface area contributed by atoms with Crippen LogP contribution in [0.2, 0.25) is 0 Å². The Morgan fingerprint density at radius 3 is 3.05 bits per heavy atom. The first kappa shape index (κ1) is 13.7. The van der Waals surface area contributed by atoms with Gasteiger partial charge in [-0.3, -0.25) is 0 Å². The summed E-state index contributed by atoms with van der Waals surface area (Å²) in [6, 6.07) is 7.50. The Morgan fingerprint density at radius 1 is 1.43 bits per heavy atom. The highest BCUT2D eigenvalue weighted by Gasteiger charge is 2.21. The molecule has 3 rings (SSSR count). The fourth-order valence-electron chi connectivity index (χ4n) is 2.53. The number of nitriles is 1. The van der Waals surface area contributed by atoms with E-state index < -0.39 is 0 Å². The molecule has 0 aliphatic heterocycles. The van der Waals surface area contributed by atoms with Crippen molar-refractivity contribution in [3.63, 3.8) is 0 Å². The van der Waals surface area contributed by atoms with E-state index in [1.807, 2.05) is 0 Å². The van der Waals surface area contributed by atoms with Crippen LogP contribution < -0.4 is 4.74 Å². The van der Waals surface area contributed by atoms with E-state index in [2.05, 4.69) is 11.1 Å². The van der Waals surface area contributed by atoms with Crippen molar-refractivity contribution in [3.8, 4) is 17.6 Å². The third kappa shape index (κ3) is 2.39. The van der Waals surface area contributed by atoms with Gasteiger partial charge in [0.2, 0.25) is 0 Å². The number of para-hydroxylation sites is 1. The number of aliphatic imine (C=N–C) groups is 1. The minimum absolute atomic E-state index is 0.0614. The molecule has 2 aromatic rings. The zero-order valence-electron chi connectivity index (χ0n) is 11.6. The van der Waals surface area contributed by atoms with Crippen molar-refractivity contribution in [2.75, 3.05) is 7.11 Å². The predicted molar refractivity (Wildman–Crippen MR) is 83.0 cm³/mol. The van der Waals surface area contributed by atoms with E-state index in [1.54, 1.807) is 35.8 Å². The lowest BCUT2D eigenvalue weighted by atomic mass is 10.1. The van der Waals surface area contributed by atoms with Crippen LogP contribution in [0.25, 0.3) is 0 Å². The number of thiophene rings is 1.